The lowest BCUT2D eigenvalue weighted by atomic mass is 10.2. The number of hydrogen-bond donors (Lipinski definition) is 2. The second kappa shape index (κ2) is 5.64. The summed E-state index contributed by atoms with van der Waals surface area (Å²) in [5, 5.41) is 19.7. The van der Waals surface area contributed by atoms with Crippen LogP contribution in [0.5, 0.6) is 11.5 Å². The quantitative estimate of drug-likeness (QED) is 0.494. The minimum Gasteiger partial charge on any atom is -0.450 e. The number of nitrogens with two attached hydrogens (primary N) is 1. The lowest BCUT2D eigenvalue weighted by Gasteiger charge is -2.07. The Hall–Kier alpha value is -3.18. The Labute approximate surface area is 113 Å². The molecule has 100 valence electrons. The lowest BCUT2D eigenvalue weighted by molar-refractivity contribution is -0.385. The van der Waals surface area contributed by atoms with Crippen molar-refractivity contribution in [1.29, 1.82) is 5.26 Å². The average Bonchev–Trinajstić information content (AvgIpc) is 2.47. The van der Waals surface area contributed by atoms with Gasteiger partial charge in [-0.25, -0.2) is 10.8 Å². The van der Waals surface area contributed by atoms with E-state index in [1.54, 1.807) is 0 Å². The van der Waals surface area contributed by atoms with Crippen LogP contribution in [0, 0.1) is 21.4 Å². The molecule has 2 rings (SSSR count). The van der Waals surface area contributed by atoms with Crippen molar-refractivity contribution in [2.45, 2.75) is 0 Å². The third-order valence-corrected chi connectivity index (χ3v) is 2.39. The Morgan fingerprint density at radius 2 is 2.20 bits per heavy atom. The zero-order valence-electron chi connectivity index (χ0n) is 10.1. The Bertz CT molecular complexity index is 696. The first-order valence-electron chi connectivity index (χ1n) is 5.43. The Kier molecular flexibility index (Phi) is 3.74. The second-order valence-corrected chi connectivity index (χ2v) is 3.67. The number of nitrogens with zero attached hydrogens (tertiary/aromatic N) is 3. The number of nitrogens with one attached hydrogen (secondary N) is 1. The summed E-state index contributed by atoms with van der Waals surface area (Å²) in [5.74, 6) is 5.94. The van der Waals surface area contributed by atoms with E-state index in [0.717, 1.165) is 6.07 Å². The van der Waals surface area contributed by atoms with Gasteiger partial charge in [-0.15, -0.1) is 0 Å². The zero-order chi connectivity index (χ0) is 14.5. The first kappa shape index (κ1) is 13.3. The molecule has 1 heterocycles. The summed E-state index contributed by atoms with van der Waals surface area (Å²) < 4.78 is 5.43. The molecule has 8 heteroatoms. The first-order valence-corrected chi connectivity index (χ1v) is 5.43. The molecule has 0 bridgehead atoms. The van der Waals surface area contributed by atoms with Gasteiger partial charge in [0.1, 0.15) is 11.6 Å². The summed E-state index contributed by atoms with van der Waals surface area (Å²) in [6, 6.07) is 8.81. The fourth-order valence-corrected chi connectivity index (χ4v) is 1.50. The summed E-state index contributed by atoms with van der Waals surface area (Å²) in [6.45, 7) is 0. The van der Waals surface area contributed by atoms with E-state index in [9.17, 15) is 10.1 Å². The molecule has 0 amide bonds. The smallest absolute Gasteiger partial charge is 0.312 e. The average molecular weight is 271 g/mol. The van der Waals surface area contributed by atoms with Gasteiger partial charge < -0.3 is 10.2 Å². The number of nitro groups is 1. The van der Waals surface area contributed by atoms with Gasteiger partial charge in [-0.1, -0.05) is 0 Å². The Morgan fingerprint density at radius 3 is 2.85 bits per heavy atom. The molecular formula is C12H9N5O3. The van der Waals surface area contributed by atoms with Crippen LogP contribution in [-0.2, 0) is 0 Å². The highest BCUT2D eigenvalue weighted by molar-refractivity contribution is 5.53. The summed E-state index contributed by atoms with van der Waals surface area (Å²) in [4.78, 5) is 14.3. The number of pyridine rings is 1. The summed E-state index contributed by atoms with van der Waals surface area (Å²) in [7, 11) is 0. The molecular weight excluding hydrogens is 262 g/mol. The standard InChI is InChI=1S/C12H9N5O3/c13-7-8-1-2-11(10(5-8)17(18)19)20-9-3-4-15-12(6-9)16-14/h1-6H,14H2,(H,15,16). The van der Waals surface area contributed by atoms with E-state index in [2.05, 4.69) is 10.4 Å². The van der Waals surface area contributed by atoms with Gasteiger partial charge in [-0.2, -0.15) is 5.26 Å². The van der Waals surface area contributed by atoms with Gasteiger partial charge in [0.05, 0.1) is 16.6 Å². The highest BCUT2D eigenvalue weighted by atomic mass is 16.6. The van der Waals surface area contributed by atoms with E-state index in [0.29, 0.717) is 11.6 Å². The van der Waals surface area contributed by atoms with E-state index in [1.165, 1.54) is 30.5 Å². The Morgan fingerprint density at radius 1 is 1.40 bits per heavy atom. The topological polar surface area (TPSA) is 127 Å². The van der Waals surface area contributed by atoms with Gasteiger partial charge in [0.15, 0.2) is 0 Å². The van der Waals surface area contributed by atoms with Gasteiger partial charge in [-0.3, -0.25) is 10.1 Å². The van der Waals surface area contributed by atoms with Crippen LogP contribution in [0.25, 0.3) is 0 Å². The third-order valence-electron chi connectivity index (χ3n) is 2.39. The van der Waals surface area contributed by atoms with Crippen molar-refractivity contribution in [2.24, 2.45) is 5.84 Å². The van der Waals surface area contributed by atoms with Crippen molar-refractivity contribution in [3.63, 3.8) is 0 Å². The van der Waals surface area contributed by atoms with Crippen LogP contribution in [0.1, 0.15) is 5.56 Å². The maximum atomic E-state index is 11.0. The molecule has 0 radical (unpaired) electrons. The van der Waals surface area contributed by atoms with Crippen molar-refractivity contribution >= 4 is 11.5 Å². The largest absolute Gasteiger partial charge is 0.450 e. The van der Waals surface area contributed by atoms with E-state index in [-0.39, 0.29) is 17.0 Å². The fraction of sp³-hybridized carbons (Fsp3) is 0. The van der Waals surface area contributed by atoms with Crippen molar-refractivity contribution in [2.75, 3.05) is 5.43 Å². The third kappa shape index (κ3) is 2.80. The van der Waals surface area contributed by atoms with Crippen molar-refractivity contribution in [1.82, 2.24) is 4.98 Å². The molecule has 0 aliphatic rings. The number of anilines is 1. The van der Waals surface area contributed by atoms with Crippen molar-refractivity contribution in [3.8, 4) is 17.6 Å². The maximum Gasteiger partial charge on any atom is 0.312 e. The minimum atomic E-state index is -0.612. The number of rotatable bonds is 4. The second-order valence-electron chi connectivity index (χ2n) is 3.67. The molecule has 8 nitrogen and oxygen atoms in total. The molecule has 0 saturated carbocycles. The number of hydrazine groups is 1. The van der Waals surface area contributed by atoms with Crippen molar-refractivity contribution in [3.05, 3.63) is 52.2 Å². The van der Waals surface area contributed by atoms with Crippen LogP contribution in [0.3, 0.4) is 0 Å². The lowest BCUT2D eigenvalue weighted by Crippen LogP contribution is -2.08. The summed E-state index contributed by atoms with van der Waals surface area (Å²) in [6.07, 6.45) is 1.44. The summed E-state index contributed by atoms with van der Waals surface area (Å²) in [5.41, 5.74) is 2.24. The molecule has 1 aromatic heterocycles. The van der Waals surface area contributed by atoms with Gasteiger partial charge in [-0.05, 0) is 18.2 Å². The number of nitro benzene ring substituents is 1. The van der Waals surface area contributed by atoms with E-state index in [1.807, 2.05) is 6.07 Å². The van der Waals surface area contributed by atoms with E-state index < -0.39 is 4.92 Å². The van der Waals surface area contributed by atoms with Crippen LogP contribution in [-0.4, -0.2) is 9.91 Å². The number of nitrogen functional groups attached to an aromatic ring is 1. The first-order chi connectivity index (χ1) is 9.63. The molecule has 0 aliphatic heterocycles. The summed E-state index contributed by atoms with van der Waals surface area (Å²) >= 11 is 0. The highest BCUT2D eigenvalue weighted by Crippen LogP contribution is 2.32. The molecule has 2 aromatic rings. The van der Waals surface area contributed by atoms with Gasteiger partial charge in [0.25, 0.3) is 0 Å². The van der Waals surface area contributed by atoms with Crippen LogP contribution < -0.4 is 16.0 Å². The number of hydrogen-bond acceptors (Lipinski definition) is 7. The highest BCUT2D eigenvalue weighted by Gasteiger charge is 2.17. The maximum absolute atomic E-state index is 11.0. The molecule has 0 saturated heterocycles. The van der Waals surface area contributed by atoms with E-state index >= 15 is 0 Å². The molecule has 0 fully saturated rings. The molecule has 1 aromatic carbocycles. The molecule has 3 N–H and O–H groups in total. The number of ether oxygens (including phenoxy) is 1. The van der Waals surface area contributed by atoms with Crippen LogP contribution >= 0.6 is 0 Å². The molecule has 20 heavy (non-hydrogen) atoms. The van der Waals surface area contributed by atoms with Crippen LogP contribution in [0.15, 0.2) is 36.5 Å². The van der Waals surface area contributed by atoms with Crippen LogP contribution in [0.4, 0.5) is 11.5 Å². The fourth-order valence-electron chi connectivity index (χ4n) is 1.50. The number of benzene rings is 1. The Balaban J connectivity index is 2.37. The molecule has 0 aliphatic carbocycles. The number of nitriles is 1. The predicted molar refractivity (Wildman–Crippen MR) is 69.9 cm³/mol. The normalized spacial score (nSPS) is 9.60. The minimum absolute atomic E-state index is 0.0307. The van der Waals surface area contributed by atoms with Gasteiger partial charge in [0.2, 0.25) is 5.75 Å². The van der Waals surface area contributed by atoms with E-state index in [4.69, 9.17) is 15.8 Å². The van der Waals surface area contributed by atoms with Crippen LogP contribution in [0.2, 0.25) is 0 Å². The SMILES string of the molecule is N#Cc1ccc(Oc2ccnc(NN)c2)c([N+](=O)[O-])c1. The monoisotopic (exact) mass is 271 g/mol. The van der Waals surface area contributed by atoms with Gasteiger partial charge >= 0.3 is 5.69 Å². The number of aromatic nitrogens is 1. The molecule has 0 unspecified atom stereocenters. The van der Waals surface area contributed by atoms with Gasteiger partial charge in [0, 0.05) is 18.3 Å². The van der Waals surface area contributed by atoms with Crippen molar-refractivity contribution < 1.29 is 9.66 Å². The molecule has 0 atom stereocenters. The molecule has 0 spiro atoms. The predicted octanol–water partition coefficient (Wildman–Crippen LogP) is 1.94. The zero-order valence-corrected chi connectivity index (χ0v) is 10.1.